The van der Waals surface area contributed by atoms with Crippen molar-refractivity contribution in [3.63, 3.8) is 0 Å². The number of likely N-dealkylation sites (tertiary alicyclic amines) is 1. The van der Waals surface area contributed by atoms with Crippen LogP contribution in [0.3, 0.4) is 0 Å². The molecule has 1 aromatic heterocycles. The molecule has 9 nitrogen and oxygen atoms in total. The van der Waals surface area contributed by atoms with Crippen LogP contribution in [0.5, 0.6) is 0 Å². The number of hydrogen-bond acceptors (Lipinski definition) is 6. The number of methoxy groups -OCH3 is 1. The second-order valence-corrected chi connectivity index (χ2v) is 8.46. The lowest BCUT2D eigenvalue weighted by molar-refractivity contribution is -0.148. The van der Waals surface area contributed by atoms with E-state index in [1.54, 1.807) is 13.4 Å². The van der Waals surface area contributed by atoms with Crippen molar-refractivity contribution in [3.05, 3.63) is 17.7 Å². The van der Waals surface area contributed by atoms with Crippen molar-refractivity contribution >= 4 is 11.8 Å². The van der Waals surface area contributed by atoms with Gasteiger partial charge in [0.05, 0.1) is 17.6 Å². The average Bonchev–Trinajstić information content (AvgIpc) is 3.35. The first-order valence-corrected chi connectivity index (χ1v) is 10.6. The summed E-state index contributed by atoms with van der Waals surface area (Å²) in [6.07, 6.45) is 4.85. The smallest absolute Gasteiger partial charge is 0.249 e. The Morgan fingerprint density at radius 2 is 2.03 bits per heavy atom. The van der Waals surface area contributed by atoms with E-state index in [4.69, 9.17) is 4.74 Å². The van der Waals surface area contributed by atoms with Gasteiger partial charge < -0.3 is 19.5 Å². The highest BCUT2D eigenvalue weighted by Gasteiger charge is 2.50. The lowest BCUT2D eigenvalue weighted by Crippen LogP contribution is -2.60. The average molecular weight is 405 g/mol. The predicted molar refractivity (Wildman–Crippen MR) is 107 cm³/mol. The number of piperidine rings is 1. The second-order valence-electron chi connectivity index (χ2n) is 8.46. The molecule has 2 amide bonds. The van der Waals surface area contributed by atoms with Gasteiger partial charge in [-0.1, -0.05) is 13.8 Å². The molecule has 0 aliphatic carbocycles. The molecule has 2 fully saturated rings. The summed E-state index contributed by atoms with van der Waals surface area (Å²) in [5, 5.41) is 0. The quantitative estimate of drug-likeness (QED) is 0.660. The molecule has 9 heteroatoms. The Morgan fingerprint density at radius 3 is 2.69 bits per heavy atom. The Balaban J connectivity index is 1.51. The molecule has 0 radical (unpaired) electrons. The van der Waals surface area contributed by atoms with Gasteiger partial charge in [-0.05, 0) is 25.2 Å². The molecule has 3 aliphatic rings. The highest BCUT2D eigenvalue weighted by molar-refractivity contribution is 5.83. The fraction of sp³-hybridized carbons (Fsp3) is 0.750. The van der Waals surface area contributed by atoms with Crippen LogP contribution in [0.1, 0.15) is 44.5 Å². The van der Waals surface area contributed by atoms with Gasteiger partial charge in [0.25, 0.3) is 0 Å². The third-order valence-electron chi connectivity index (χ3n) is 7.02. The number of amides is 2. The highest BCUT2D eigenvalue weighted by Crippen LogP contribution is 2.42. The minimum Gasteiger partial charge on any atom is -0.375 e. The summed E-state index contributed by atoms with van der Waals surface area (Å²) < 4.78 is 5.12. The maximum absolute atomic E-state index is 13.2. The summed E-state index contributed by atoms with van der Waals surface area (Å²) in [5.74, 6) is 0.376. The molecular formula is C20H32N6O3. The van der Waals surface area contributed by atoms with E-state index in [2.05, 4.69) is 34.7 Å². The van der Waals surface area contributed by atoms with Crippen molar-refractivity contribution in [2.45, 2.75) is 57.2 Å². The molecule has 1 aromatic rings. The Kier molecular flexibility index (Phi) is 5.63. The molecule has 29 heavy (non-hydrogen) atoms. The first-order chi connectivity index (χ1) is 14.0. The standard InChI is InChI=1S/C20H32N6O3/c1-4-14-13(2)17(24-23-14)19(28)25-9-6-20(7-10-25)18-15(21-12-22-18)5-8-26(20)16(27)11-29-3/h12-14,17,23-24H,4-11H2,1-3H3,(H,21,22). The molecule has 3 N–H and O–H groups in total. The zero-order chi connectivity index (χ0) is 20.6. The number of hydrogen-bond donors (Lipinski definition) is 3. The number of H-pyrrole nitrogens is 1. The molecule has 2 saturated heterocycles. The van der Waals surface area contributed by atoms with Gasteiger partial charge in [0.15, 0.2) is 0 Å². The van der Waals surface area contributed by atoms with Crippen LogP contribution in [0.2, 0.25) is 0 Å². The van der Waals surface area contributed by atoms with Crippen molar-refractivity contribution in [3.8, 4) is 0 Å². The summed E-state index contributed by atoms with van der Waals surface area (Å²) in [6.45, 7) is 6.19. The number of ether oxygens (including phenoxy) is 1. The number of hydrazine groups is 1. The Labute approximate surface area is 171 Å². The monoisotopic (exact) mass is 404 g/mol. The van der Waals surface area contributed by atoms with Crippen LogP contribution in [0.15, 0.2) is 6.33 Å². The highest BCUT2D eigenvalue weighted by atomic mass is 16.5. The fourth-order valence-electron chi connectivity index (χ4n) is 5.30. The SMILES string of the molecule is CCC1NNC(C(=O)N2CCC3(CC2)c2nc[nH]c2CCN3C(=O)COC)C1C. The minimum absolute atomic E-state index is 0.0120. The number of imidazole rings is 1. The molecule has 3 unspecified atom stereocenters. The van der Waals surface area contributed by atoms with Gasteiger partial charge in [-0.2, -0.15) is 0 Å². The maximum atomic E-state index is 13.2. The van der Waals surface area contributed by atoms with Crippen molar-refractivity contribution < 1.29 is 14.3 Å². The molecule has 0 saturated carbocycles. The van der Waals surface area contributed by atoms with E-state index in [0.29, 0.717) is 38.5 Å². The maximum Gasteiger partial charge on any atom is 0.249 e. The van der Waals surface area contributed by atoms with Gasteiger partial charge in [-0.25, -0.2) is 10.4 Å². The summed E-state index contributed by atoms with van der Waals surface area (Å²) >= 11 is 0. The van der Waals surface area contributed by atoms with Crippen LogP contribution in [0.25, 0.3) is 0 Å². The van der Waals surface area contributed by atoms with E-state index in [1.165, 1.54) is 0 Å². The topological polar surface area (TPSA) is 103 Å². The van der Waals surface area contributed by atoms with E-state index < -0.39 is 5.54 Å². The summed E-state index contributed by atoms with van der Waals surface area (Å²) in [4.78, 5) is 37.7. The van der Waals surface area contributed by atoms with Crippen molar-refractivity contribution in [1.29, 1.82) is 0 Å². The van der Waals surface area contributed by atoms with Crippen molar-refractivity contribution in [1.82, 2.24) is 30.6 Å². The van der Waals surface area contributed by atoms with E-state index in [0.717, 1.165) is 24.2 Å². The number of nitrogens with one attached hydrogen (secondary N) is 3. The largest absolute Gasteiger partial charge is 0.375 e. The van der Waals surface area contributed by atoms with Gasteiger partial charge in [0, 0.05) is 44.9 Å². The molecule has 4 heterocycles. The fourth-order valence-corrected chi connectivity index (χ4v) is 5.30. The number of nitrogens with zero attached hydrogens (tertiary/aromatic N) is 3. The third-order valence-corrected chi connectivity index (χ3v) is 7.02. The number of aromatic nitrogens is 2. The van der Waals surface area contributed by atoms with Crippen LogP contribution in [0.4, 0.5) is 0 Å². The molecular weight excluding hydrogens is 372 g/mol. The lowest BCUT2D eigenvalue weighted by atomic mass is 9.78. The molecule has 3 atom stereocenters. The summed E-state index contributed by atoms with van der Waals surface area (Å²) in [6, 6.07) is 0.111. The molecule has 3 aliphatic heterocycles. The Hall–Kier alpha value is -1.97. The summed E-state index contributed by atoms with van der Waals surface area (Å²) in [7, 11) is 1.54. The van der Waals surface area contributed by atoms with Crippen molar-refractivity contribution in [2.24, 2.45) is 5.92 Å². The zero-order valence-corrected chi connectivity index (χ0v) is 17.5. The van der Waals surface area contributed by atoms with Crippen LogP contribution in [-0.4, -0.2) is 77.0 Å². The third kappa shape index (κ3) is 3.35. The van der Waals surface area contributed by atoms with E-state index in [-0.39, 0.29) is 30.4 Å². The molecule has 0 bridgehead atoms. The molecule has 160 valence electrons. The zero-order valence-electron chi connectivity index (χ0n) is 17.5. The first kappa shape index (κ1) is 20.3. The first-order valence-electron chi connectivity index (χ1n) is 10.6. The van der Waals surface area contributed by atoms with E-state index in [9.17, 15) is 9.59 Å². The van der Waals surface area contributed by atoms with Gasteiger partial charge >= 0.3 is 0 Å². The number of aromatic amines is 1. The van der Waals surface area contributed by atoms with Gasteiger partial charge in [0.1, 0.15) is 12.6 Å². The number of carbonyl (C=O) groups is 2. The molecule has 4 rings (SSSR count). The Bertz CT molecular complexity index is 757. The van der Waals surface area contributed by atoms with Crippen LogP contribution in [0, 0.1) is 5.92 Å². The second kappa shape index (κ2) is 8.04. The molecule has 0 aromatic carbocycles. The van der Waals surface area contributed by atoms with Gasteiger partial charge in [-0.15, -0.1) is 0 Å². The minimum atomic E-state index is -0.459. The normalized spacial score (nSPS) is 28.6. The molecule has 1 spiro atoms. The summed E-state index contributed by atoms with van der Waals surface area (Å²) in [5.41, 5.74) is 8.04. The van der Waals surface area contributed by atoms with Crippen LogP contribution in [-0.2, 0) is 26.3 Å². The number of carbonyl (C=O) groups excluding carboxylic acids is 2. The van der Waals surface area contributed by atoms with E-state index in [1.807, 2.05) is 9.80 Å². The van der Waals surface area contributed by atoms with Gasteiger partial charge in [0.2, 0.25) is 11.8 Å². The van der Waals surface area contributed by atoms with E-state index >= 15 is 0 Å². The predicted octanol–water partition coefficient (Wildman–Crippen LogP) is 0.150. The van der Waals surface area contributed by atoms with Gasteiger partial charge in [-0.3, -0.25) is 15.0 Å². The Morgan fingerprint density at radius 1 is 1.28 bits per heavy atom. The number of rotatable bonds is 4. The van der Waals surface area contributed by atoms with Crippen molar-refractivity contribution in [2.75, 3.05) is 33.4 Å². The number of fused-ring (bicyclic) bond motifs is 2. The van der Waals surface area contributed by atoms with Crippen LogP contribution < -0.4 is 10.9 Å². The van der Waals surface area contributed by atoms with Crippen LogP contribution >= 0.6 is 0 Å². The lowest BCUT2D eigenvalue weighted by Gasteiger charge is -2.50.